The van der Waals surface area contributed by atoms with Crippen LogP contribution in [0.4, 0.5) is 5.69 Å². The summed E-state index contributed by atoms with van der Waals surface area (Å²) in [5, 5.41) is 2.88. The molecule has 1 fully saturated rings. The van der Waals surface area contributed by atoms with Crippen molar-refractivity contribution in [2.75, 3.05) is 32.8 Å². The quantitative estimate of drug-likeness (QED) is 0.794. The molecule has 0 saturated carbocycles. The second-order valence-electron chi connectivity index (χ2n) is 6.41. The van der Waals surface area contributed by atoms with Gasteiger partial charge < -0.3 is 24.4 Å². The lowest BCUT2D eigenvalue weighted by Crippen LogP contribution is -2.25. The normalized spacial score (nSPS) is 13.4. The van der Waals surface area contributed by atoms with Gasteiger partial charge in [0, 0.05) is 30.8 Å². The van der Waals surface area contributed by atoms with Crippen LogP contribution in [-0.2, 0) is 11.3 Å². The predicted octanol–water partition coefficient (Wildman–Crippen LogP) is 2.77. The highest BCUT2D eigenvalue weighted by Gasteiger charge is 2.21. The number of anilines is 1. The van der Waals surface area contributed by atoms with E-state index >= 15 is 0 Å². The third-order valence-corrected chi connectivity index (χ3v) is 4.69. The minimum atomic E-state index is -0.201. The number of carbonyl (C=O) groups excluding carboxylic acids is 2. The first-order valence-corrected chi connectivity index (χ1v) is 9.05. The highest BCUT2D eigenvalue weighted by molar-refractivity contribution is 5.97. The van der Waals surface area contributed by atoms with Crippen LogP contribution in [0.5, 0.6) is 17.2 Å². The molecule has 2 aromatic carbocycles. The largest absolute Gasteiger partial charge is 0.493 e. The molecular formula is C21H24N2O5. The van der Waals surface area contributed by atoms with Gasteiger partial charge in [0.15, 0.2) is 11.5 Å². The Morgan fingerprint density at radius 1 is 1.04 bits per heavy atom. The molecule has 1 N–H and O–H groups in total. The van der Waals surface area contributed by atoms with Gasteiger partial charge in [-0.2, -0.15) is 0 Å². The summed E-state index contributed by atoms with van der Waals surface area (Å²) in [4.78, 5) is 26.0. The molecule has 1 aliphatic heterocycles. The highest BCUT2D eigenvalue weighted by atomic mass is 16.5. The zero-order chi connectivity index (χ0) is 20.1. The van der Waals surface area contributed by atoms with Gasteiger partial charge in [0.1, 0.15) is 0 Å². The van der Waals surface area contributed by atoms with Crippen LogP contribution in [0.25, 0.3) is 0 Å². The number of rotatable bonds is 7. The highest BCUT2D eigenvalue weighted by Crippen LogP contribution is 2.38. The summed E-state index contributed by atoms with van der Waals surface area (Å²) in [7, 11) is 4.64. The van der Waals surface area contributed by atoms with Crippen LogP contribution in [0.3, 0.4) is 0 Å². The van der Waals surface area contributed by atoms with Crippen molar-refractivity contribution in [3.05, 3.63) is 47.5 Å². The van der Waals surface area contributed by atoms with Crippen molar-refractivity contribution in [1.29, 1.82) is 0 Å². The number of carbonyl (C=O) groups is 2. The summed E-state index contributed by atoms with van der Waals surface area (Å²) in [5.41, 5.74) is 2.17. The van der Waals surface area contributed by atoms with Crippen molar-refractivity contribution in [3.8, 4) is 17.2 Å². The molecule has 3 rings (SSSR count). The van der Waals surface area contributed by atoms with E-state index in [9.17, 15) is 9.59 Å². The van der Waals surface area contributed by atoms with Gasteiger partial charge in [0.25, 0.3) is 5.91 Å². The molecule has 0 atom stereocenters. The number of amides is 2. The molecule has 0 radical (unpaired) electrons. The van der Waals surface area contributed by atoms with E-state index in [-0.39, 0.29) is 11.8 Å². The third kappa shape index (κ3) is 4.03. The molecule has 2 amide bonds. The Balaban J connectivity index is 1.68. The van der Waals surface area contributed by atoms with Gasteiger partial charge in [-0.15, -0.1) is 0 Å². The van der Waals surface area contributed by atoms with Gasteiger partial charge in [-0.3, -0.25) is 9.59 Å². The topological polar surface area (TPSA) is 77.1 Å². The Labute approximate surface area is 164 Å². The van der Waals surface area contributed by atoms with E-state index in [0.29, 0.717) is 35.8 Å². The first-order chi connectivity index (χ1) is 13.6. The van der Waals surface area contributed by atoms with Crippen LogP contribution in [-0.4, -0.2) is 39.7 Å². The maximum atomic E-state index is 12.5. The predicted molar refractivity (Wildman–Crippen MR) is 105 cm³/mol. The molecule has 28 heavy (non-hydrogen) atoms. The number of hydrogen-bond acceptors (Lipinski definition) is 5. The lowest BCUT2D eigenvalue weighted by atomic mass is 10.1. The number of hydrogen-bond donors (Lipinski definition) is 1. The van der Waals surface area contributed by atoms with E-state index in [0.717, 1.165) is 24.2 Å². The number of benzene rings is 2. The third-order valence-electron chi connectivity index (χ3n) is 4.69. The monoisotopic (exact) mass is 384 g/mol. The molecule has 0 unspecified atom stereocenters. The SMILES string of the molecule is COc1cc(CNC(=O)c2ccc(N3CCCC3=O)cc2)cc(OC)c1OC. The summed E-state index contributed by atoms with van der Waals surface area (Å²) >= 11 is 0. The molecule has 1 saturated heterocycles. The van der Waals surface area contributed by atoms with Crippen molar-refractivity contribution < 1.29 is 23.8 Å². The average molecular weight is 384 g/mol. The van der Waals surface area contributed by atoms with Crippen molar-refractivity contribution in [2.45, 2.75) is 19.4 Å². The van der Waals surface area contributed by atoms with E-state index in [1.165, 1.54) is 0 Å². The summed E-state index contributed by atoms with van der Waals surface area (Å²) in [6, 6.07) is 10.7. The zero-order valence-corrected chi connectivity index (χ0v) is 16.3. The standard InChI is InChI=1S/C21H24N2O5/c1-26-17-11-14(12-18(27-2)20(17)28-3)13-22-21(25)15-6-8-16(9-7-15)23-10-4-5-19(23)24/h6-9,11-12H,4-5,10,13H2,1-3H3,(H,22,25). The fraction of sp³-hybridized carbons (Fsp3) is 0.333. The fourth-order valence-corrected chi connectivity index (χ4v) is 3.24. The molecule has 2 aromatic rings. The summed E-state index contributed by atoms with van der Waals surface area (Å²) < 4.78 is 16.0. The van der Waals surface area contributed by atoms with E-state index in [4.69, 9.17) is 14.2 Å². The Hall–Kier alpha value is -3.22. The van der Waals surface area contributed by atoms with Crippen LogP contribution in [0.2, 0.25) is 0 Å². The molecule has 0 spiro atoms. The van der Waals surface area contributed by atoms with Crippen molar-refractivity contribution in [1.82, 2.24) is 5.32 Å². The number of ether oxygens (including phenoxy) is 3. The van der Waals surface area contributed by atoms with E-state index < -0.39 is 0 Å². The van der Waals surface area contributed by atoms with Crippen molar-refractivity contribution >= 4 is 17.5 Å². The average Bonchev–Trinajstić information content (AvgIpc) is 3.16. The lowest BCUT2D eigenvalue weighted by molar-refractivity contribution is -0.117. The first-order valence-electron chi connectivity index (χ1n) is 9.05. The minimum absolute atomic E-state index is 0.125. The van der Waals surface area contributed by atoms with Crippen LogP contribution in [0.15, 0.2) is 36.4 Å². The molecule has 7 nitrogen and oxygen atoms in total. The van der Waals surface area contributed by atoms with Crippen LogP contribution in [0.1, 0.15) is 28.8 Å². The number of nitrogens with one attached hydrogen (secondary N) is 1. The fourth-order valence-electron chi connectivity index (χ4n) is 3.24. The van der Waals surface area contributed by atoms with Crippen molar-refractivity contribution in [3.63, 3.8) is 0 Å². The van der Waals surface area contributed by atoms with Gasteiger partial charge in [-0.1, -0.05) is 0 Å². The Bertz CT molecular complexity index is 839. The van der Waals surface area contributed by atoms with Gasteiger partial charge in [-0.25, -0.2) is 0 Å². The molecule has 0 aromatic heterocycles. The minimum Gasteiger partial charge on any atom is -0.493 e. The van der Waals surface area contributed by atoms with Crippen LogP contribution in [0, 0.1) is 0 Å². The van der Waals surface area contributed by atoms with Gasteiger partial charge in [0.2, 0.25) is 11.7 Å². The zero-order valence-electron chi connectivity index (χ0n) is 16.3. The molecule has 7 heteroatoms. The van der Waals surface area contributed by atoms with Gasteiger partial charge >= 0.3 is 0 Å². The van der Waals surface area contributed by atoms with Crippen LogP contribution < -0.4 is 24.4 Å². The molecule has 0 bridgehead atoms. The molecule has 148 valence electrons. The van der Waals surface area contributed by atoms with E-state index in [1.54, 1.807) is 62.6 Å². The summed E-state index contributed by atoms with van der Waals surface area (Å²) in [6.07, 6.45) is 1.45. The summed E-state index contributed by atoms with van der Waals surface area (Å²) in [5.74, 6) is 1.50. The second kappa shape index (κ2) is 8.65. The molecule has 1 aliphatic rings. The number of methoxy groups -OCH3 is 3. The second-order valence-corrected chi connectivity index (χ2v) is 6.41. The van der Waals surface area contributed by atoms with Gasteiger partial charge in [0.05, 0.1) is 21.3 Å². The Morgan fingerprint density at radius 3 is 2.18 bits per heavy atom. The Kier molecular flexibility index (Phi) is 6.03. The van der Waals surface area contributed by atoms with Gasteiger partial charge in [-0.05, 0) is 48.4 Å². The molecule has 0 aliphatic carbocycles. The van der Waals surface area contributed by atoms with Crippen molar-refractivity contribution in [2.24, 2.45) is 0 Å². The maximum absolute atomic E-state index is 12.5. The molecular weight excluding hydrogens is 360 g/mol. The van der Waals surface area contributed by atoms with Crippen LogP contribution >= 0.6 is 0 Å². The van der Waals surface area contributed by atoms with E-state index in [2.05, 4.69) is 5.32 Å². The first kappa shape index (κ1) is 19.5. The molecule has 1 heterocycles. The maximum Gasteiger partial charge on any atom is 0.251 e. The lowest BCUT2D eigenvalue weighted by Gasteiger charge is -2.16. The van der Waals surface area contributed by atoms with E-state index in [1.807, 2.05) is 0 Å². The Morgan fingerprint density at radius 2 is 1.68 bits per heavy atom. The number of nitrogens with zero attached hydrogens (tertiary/aromatic N) is 1. The summed E-state index contributed by atoms with van der Waals surface area (Å²) in [6.45, 7) is 1.04. The smallest absolute Gasteiger partial charge is 0.251 e.